The van der Waals surface area contributed by atoms with Crippen molar-refractivity contribution in [3.05, 3.63) is 0 Å². The van der Waals surface area contributed by atoms with Crippen molar-refractivity contribution in [1.29, 1.82) is 0 Å². The Balaban J connectivity index is 4.54. The first-order chi connectivity index (χ1) is 8.38. The molecule has 0 aliphatic rings. The first-order valence-electron chi connectivity index (χ1n) is 7.42. The molecule has 2 unspecified atom stereocenters. The molecule has 110 valence electrons. The minimum Gasteiger partial charge on any atom is -0.319 e. The van der Waals surface area contributed by atoms with Gasteiger partial charge in [-0.15, -0.1) is 0 Å². The smallest absolute Gasteiger partial charge is 0.0194 e. The van der Waals surface area contributed by atoms with Gasteiger partial charge in [0, 0.05) is 25.7 Å². The van der Waals surface area contributed by atoms with Crippen molar-refractivity contribution in [2.75, 3.05) is 47.3 Å². The minimum absolute atomic E-state index is 0.389. The van der Waals surface area contributed by atoms with E-state index in [2.05, 4.69) is 64.0 Å². The summed E-state index contributed by atoms with van der Waals surface area (Å²) in [6.45, 7) is 13.9. The maximum Gasteiger partial charge on any atom is 0.0194 e. The number of hydrogen-bond acceptors (Lipinski definition) is 3. The Hall–Kier alpha value is -0.120. The van der Waals surface area contributed by atoms with Crippen LogP contribution in [0.25, 0.3) is 0 Å². The molecule has 0 heterocycles. The second-order valence-electron chi connectivity index (χ2n) is 6.27. The maximum absolute atomic E-state index is 3.37. The van der Waals surface area contributed by atoms with Gasteiger partial charge in [0.1, 0.15) is 0 Å². The van der Waals surface area contributed by atoms with Gasteiger partial charge in [-0.2, -0.15) is 0 Å². The summed E-state index contributed by atoms with van der Waals surface area (Å²) in [7, 11) is 6.37. The Morgan fingerprint density at radius 3 is 2.22 bits per heavy atom. The molecule has 0 saturated heterocycles. The van der Waals surface area contributed by atoms with Crippen LogP contribution < -0.4 is 5.32 Å². The molecule has 0 radical (unpaired) electrons. The van der Waals surface area contributed by atoms with E-state index in [0.29, 0.717) is 11.5 Å². The number of rotatable bonds is 10. The normalized spacial score (nSPS) is 17.2. The van der Waals surface area contributed by atoms with E-state index in [1.807, 2.05) is 0 Å². The molecule has 0 aliphatic heterocycles. The highest BCUT2D eigenvalue weighted by molar-refractivity contribution is 4.82. The first kappa shape index (κ1) is 17.9. The zero-order valence-corrected chi connectivity index (χ0v) is 13.7. The van der Waals surface area contributed by atoms with Crippen LogP contribution in [0, 0.1) is 5.41 Å². The molecular formula is C15H35N3. The third-order valence-electron chi connectivity index (χ3n) is 3.70. The minimum atomic E-state index is 0.389. The molecule has 0 aromatic heterocycles. The van der Waals surface area contributed by atoms with Crippen LogP contribution in [0.4, 0.5) is 0 Å². The zero-order valence-electron chi connectivity index (χ0n) is 13.7. The first-order valence-corrected chi connectivity index (χ1v) is 7.42. The second-order valence-corrected chi connectivity index (χ2v) is 6.27. The fourth-order valence-electron chi connectivity index (χ4n) is 2.97. The largest absolute Gasteiger partial charge is 0.319 e. The van der Waals surface area contributed by atoms with Gasteiger partial charge in [-0.1, -0.05) is 27.2 Å². The van der Waals surface area contributed by atoms with Crippen molar-refractivity contribution in [3.63, 3.8) is 0 Å². The number of nitrogens with zero attached hydrogens (tertiary/aromatic N) is 2. The van der Waals surface area contributed by atoms with Crippen LogP contribution in [0.1, 0.15) is 40.5 Å². The molecule has 0 spiro atoms. The SMILES string of the molecule is CCCC(C)(CNC)CN(CC)C(C)CN(C)C. The Kier molecular flexibility index (Phi) is 8.83. The van der Waals surface area contributed by atoms with Crippen LogP contribution in [0.2, 0.25) is 0 Å². The molecular weight excluding hydrogens is 222 g/mol. The summed E-state index contributed by atoms with van der Waals surface area (Å²) >= 11 is 0. The molecule has 0 saturated carbocycles. The van der Waals surface area contributed by atoms with Crippen LogP contribution in [-0.4, -0.2) is 63.2 Å². The van der Waals surface area contributed by atoms with Gasteiger partial charge in [-0.3, -0.25) is 4.90 Å². The van der Waals surface area contributed by atoms with Crippen LogP contribution >= 0.6 is 0 Å². The summed E-state index contributed by atoms with van der Waals surface area (Å²) in [6.07, 6.45) is 2.55. The molecule has 0 amide bonds. The van der Waals surface area contributed by atoms with Gasteiger partial charge in [0.05, 0.1) is 0 Å². The van der Waals surface area contributed by atoms with E-state index >= 15 is 0 Å². The Morgan fingerprint density at radius 1 is 1.22 bits per heavy atom. The molecule has 0 bridgehead atoms. The maximum atomic E-state index is 3.37. The lowest BCUT2D eigenvalue weighted by atomic mass is 9.84. The Bertz CT molecular complexity index is 198. The van der Waals surface area contributed by atoms with Gasteiger partial charge in [-0.25, -0.2) is 0 Å². The predicted molar refractivity (Wildman–Crippen MR) is 82.2 cm³/mol. The van der Waals surface area contributed by atoms with Gasteiger partial charge < -0.3 is 10.2 Å². The van der Waals surface area contributed by atoms with Gasteiger partial charge in [0.25, 0.3) is 0 Å². The lowest BCUT2D eigenvalue weighted by Crippen LogP contribution is -2.47. The van der Waals surface area contributed by atoms with E-state index in [1.54, 1.807) is 0 Å². The van der Waals surface area contributed by atoms with Crippen molar-refractivity contribution >= 4 is 0 Å². The topological polar surface area (TPSA) is 18.5 Å². The summed E-state index contributed by atoms with van der Waals surface area (Å²) in [4.78, 5) is 4.90. The predicted octanol–water partition coefficient (Wildman–Crippen LogP) is 2.28. The Morgan fingerprint density at radius 2 is 1.83 bits per heavy atom. The van der Waals surface area contributed by atoms with Crippen molar-refractivity contribution in [2.45, 2.75) is 46.6 Å². The molecule has 0 aromatic carbocycles. The Labute approximate surface area is 115 Å². The standard InChI is InChI=1S/C15H35N3/c1-8-10-15(4,12-16-5)13-18(9-2)14(3)11-17(6)7/h14,16H,8-13H2,1-7H3. The van der Waals surface area contributed by atoms with E-state index in [-0.39, 0.29) is 0 Å². The fraction of sp³-hybridized carbons (Fsp3) is 1.00. The van der Waals surface area contributed by atoms with Crippen molar-refractivity contribution in [3.8, 4) is 0 Å². The molecule has 3 nitrogen and oxygen atoms in total. The lowest BCUT2D eigenvalue weighted by Gasteiger charge is -2.39. The van der Waals surface area contributed by atoms with Gasteiger partial charge >= 0.3 is 0 Å². The third-order valence-corrected chi connectivity index (χ3v) is 3.70. The number of nitrogens with one attached hydrogen (secondary N) is 1. The number of likely N-dealkylation sites (N-methyl/N-ethyl adjacent to an activating group) is 2. The molecule has 0 fully saturated rings. The lowest BCUT2D eigenvalue weighted by molar-refractivity contribution is 0.108. The average molecular weight is 257 g/mol. The molecule has 0 aromatic rings. The van der Waals surface area contributed by atoms with Gasteiger partial charge in [0.2, 0.25) is 0 Å². The molecule has 0 rings (SSSR count). The van der Waals surface area contributed by atoms with Crippen LogP contribution in [0.15, 0.2) is 0 Å². The van der Waals surface area contributed by atoms with Crippen LogP contribution in [-0.2, 0) is 0 Å². The number of hydrogen-bond donors (Lipinski definition) is 1. The van der Waals surface area contributed by atoms with Crippen molar-refractivity contribution in [2.24, 2.45) is 5.41 Å². The summed E-state index contributed by atoms with van der Waals surface area (Å²) in [5.41, 5.74) is 0.389. The highest BCUT2D eigenvalue weighted by atomic mass is 15.2. The average Bonchev–Trinajstić information content (AvgIpc) is 2.25. The highest BCUT2D eigenvalue weighted by Crippen LogP contribution is 2.24. The van der Waals surface area contributed by atoms with E-state index < -0.39 is 0 Å². The quantitative estimate of drug-likeness (QED) is 0.648. The van der Waals surface area contributed by atoms with E-state index in [1.165, 1.54) is 19.4 Å². The zero-order chi connectivity index (χ0) is 14.2. The summed E-state index contributed by atoms with van der Waals surface area (Å²) in [5, 5.41) is 3.37. The molecule has 3 heteroatoms. The second kappa shape index (κ2) is 8.89. The third kappa shape index (κ3) is 6.72. The van der Waals surface area contributed by atoms with Crippen LogP contribution in [0.5, 0.6) is 0 Å². The van der Waals surface area contributed by atoms with Crippen molar-refractivity contribution < 1.29 is 0 Å². The van der Waals surface area contributed by atoms with Gasteiger partial charge in [-0.05, 0) is 46.4 Å². The van der Waals surface area contributed by atoms with E-state index in [4.69, 9.17) is 0 Å². The summed E-state index contributed by atoms with van der Waals surface area (Å²) in [5.74, 6) is 0. The van der Waals surface area contributed by atoms with Crippen LogP contribution in [0.3, 0.4) is 0 Å². The molecule has 1 N–H and O–H groups in total. The molecule has 2 atom stereocenters. The van der Waals surface area contributed by atoms with Gasteiger partial charge in [0.15, 0.2) is 0 Å². The summed E-state index contributed by atoms with van der Waals surface area (Å²) < 4.78 is 0. The highest BCUT2D eigenvalue weighted by Gasteiger charge is 2.27. The molecule has 0 aliphatic carbocycles. The monoisotopic (exact) mass is 257 g/mol. The summed E-state index contributed by atoms with van der Waals surface area (Å²) in [6, 6.07) is 0.623. The molecule has 18 heavy (non-hydrogen) atoms. The van der Waals surface area contributed by atoms with E-state index in [0.717, 1.165) is 19.6 Å². The fourth-order valence-corrected chi connectivity index (χ4v) is 2.97. The van der Waals surface area contributed by atoms with E-state index in [9.17, 15) is 0 Å². The van der Waals surface area contributed by atoms with Crippen molar-refractivity contribution in [1.82, 2.24) is 15.1 Å².